The Hall–Kier alpha value is -1.13. The van der Waals surface area contributed by atoms with E-state index in [0.29, 0.717) is 0 Å². The summed E-state index contributed by atoms with van der Waals surface area (Å²) in [4.78, 5) is 12.4. The lowest BCUT2D eigenvalue weighted by atomic mass is 9.97. The molecule has 45 heavy (non-hydrogen) atoms. The summed E-state index contributed by atoms with van der Waals surface area (Å²) in [5, 5.41) is 142. The predicted octanol–water partition coefficient (Wildman–Crippen LogP) is -9.91. The molecule has 3 rings (SSSR count). The maximum absolute atomic E-state index is 12.4. The average molecular weight is 667 g/mol. The van der Waals surface area contributed by atoms with Crippen LogP contribution in [-0.4, -0.2) is 221 Å². The SMILES string of the molecule is O=C[C@H](O[C@H]1O[C@H](CO)[C@@H](O)[C@H](O)[C@H]1O)[C@@H](O[C@H]1O[C@H](CO)[C@@H](O)[C@H](O)[C@H]1O)[C@H](O[C@H]1O[C@H](CO)[C@@H](O)[C@H](O)[C@H]1O)[C@H](O)CO. The van der Waals surface area contributed by atoms with Gasteiger partial charge in [0.2, 0.25) is 0 Å². The molecule has 21 nitrogen and oxygen atoms in total. The Morgan fingerprint density at radius 2 is 0.844 bits per heavy atom. The topological polar surface area (TPSA) is 356 Å². The van der Waals surface area contributed by atoms with E-state index in [1.807, 2.05) is 0 Å². The number of carbonyl (C=O) groups is 1. The molecule has 3 fully saturated rings. The molecule has 14 N–H and O–H groups in total. The van der Waals surface area contributed by atoms with E-state index in [9.17, 15) is 76.3 Å². The van der Waals surface area contributed by atoms with E-state index in [1.165, 1.54) is 0 Å². The van der Waals surface area contributed by atoms with E-state index < -0.39 is 143 Å². The summed E-state index contributed by atoms with van der Waals surface area (Å²) in [6, 6.07) is 0. The monoisotopic (exact) mass is 666 g/mol. The highest BCUT2D eigenvalue weighted by Gasteiger charge is 2.52. The Balaban J connectivity index is 2.01. The first-order valence-corrected chi connectivity index (χ1v) is 13.9. The van der Waals surface area contributed by atoms with Gasteiger partial charge >= 0.3 is 0 Å². The molecular weight excluding hydrogens is 624 g/mol. The highest BCUT2D eigenvalue weighted by molar-refractivity contribution is 5.57. The molecule has 3 heterocycles. The predicted molar refractivity (Wildman–Crippen MR) is 135 cm³/mol. The second-order valence-corrected chi connectivity index (χ2v) is 10.8. The number of carbonyl (C=O) groups excluding carboxylic acids is 1. The van der Waals surface area contributed by atoms with E-state index >= 15 is 0 Å². The molecule has 264 valence electrons. The van der Waals surface area contributed by atoms with Crippen LogP contribution >= 0.6 is 0 Å². The summed E-state index contributed by atoms with van der Waals surface area (Å²) < 4.78 is 32.5. The standard InChI is InChI=1S/C24H42O21/c25-1-6(30)20(44-23-18(38)15(35)12(32)8(3-27)41-23)21(45-24-19(39)16(36)13(33)9(4-28)42-24)10(5-29)43-22-17(37)14(34)11(31)7(2-26)40-22/h5-28,30-39H,1-4H2/t6-,7-,8-,9-,10+,11-,12-,13-,14+,15+,16+,17-,18-,19-,20-,21-,22-,23-,24-/m1/s1. The number of hydrogen-bond acceptors (Lipinski definition) is 21. The molecule has 0 spiro atoms. The largest absolute Gasteiger partial charge is 0.394 e. The van der Waals surface area contributed by atoms with Gasteiger partial charge in [0.1, 0.15) is 97.7 Å². The van der Waals surface area contributed by atoms with Gasteiger partial charge in [-0.3, -0.25) is 0 Å². The first-order chi connectivity index (χ1) is 21.2. The minimum Gasteiger partial charge on any atom is -0.394 e. The molecule has 19 atom stereocenters. The Kier molecular flexibility index (Phi) is 14.3. The zero-order valence-electron chi connectivity index (χ0n) is 23.5. The van der Waals surface area contributed by atoms with E-state index in [1.54, 1.807) is 0 Å². The molecule has 21 heteroatoms. The number of aldehydes is 1. The zero-order valence-corrected chi connectivity index (χ0v) is 23.5. The number of ether oxygens (including phenoxy) is 6. The lowest BCUT2D eigenvalue weighted by molar-refractivity contribution is -0.363. The van der Waals surface area contributed by atoms with Crippen LogP contribution in [0.15, 0.2) is 0 Å². The molecule has 0 radical (unpaired) electrons. The maximum Gasteiger partial charge on any atom is 0.187 e. The fraction of sp³-hybridized carbons (Fsp3) is 0.958. The lowest BCUT2D eigenvalue weighted by Crippen LogP contribution is -2.65. The fourth-order valence-corrected chi connectivity index (χ4v) is 5.02. The van der Waals surface area contributed by atoms with Crippen LogP contribution in [0.25, 0.3) is 0 Å². The number of aliphatic hydroxyl groups is 14. The molecule has 0 aromatic heterocycles. The van der Waals surface area contributed by atoms with Crippen molar-refractivity contribution in [2.45, 2.75) is 117 Å². The quantitative estimate of drug-likeness (QED) is 0.0765. The molecule has 3 aliphatic heterocycles. The molecule has 0 amide bonds. The first kappa shape index (κ1) is 38.3. The van der Waals surface area contributed by atoms with Crippen molar-refractivity contribution in [1.29, 1.82) is 0 Å². The lowest BCUT2D eigenvalue weighted by Gasteiger charge is -2.46. The molecule has 0 unspecified atom stereocenters. The summed E-state index contributed by atoms with van der Waals surface area (Å²) in [5.41, 5.74) is 0. The summed E-state index contributed by atoms with van der Waals surface area (Å²) in [6.07, 6.45) is -37.2. The highest BCUT2D eigenvalue weighted by Crippen LogP contribution is 2.31. The van der Waals surface area contributed by atoms with E-state index in [-0.39, 0.29) is 6.29 Å². The smallest absolute Gasteiger partial charge is 0.187 e. The van der Waals surface area contributed by atoms with Crippen LogP contribution in [0, 0.1) is 0 Å². The van der Waals surface area contributed by atoms with Crippen LogP contribution in [0.2, 0.25) is 0 Å². The molecule has 0 bridgehead atoms. The molecule has 3 saturated heterocycles. The van der Waals surface area contributed by atoms with Gasteiger partial charge in [-0.2, -0.15) is 0 Å². The molecule has 0 aliphatic carbocycles. The van der Waals surface area contributed by atoms with Gasteiger partial charge in [-0.1, -0.05) is 0 Å². The van der Waals surface area contributed by atoms with Crippen molar-refractivity contribution in [3.05, 3.63) is 0 Å². The second kappa shape index (κ2) is 16.8. The Morgan fingerprint density at radius 1 is 0.511 bits per heavy atom. The van der Waals surface area contributed by atoms with Gasteiger partial charge in [0.05, 0.1) is 26.4 Å². The van der Waals surface area contributed by atoms with Crippen LogP contribution in [0.1, 0.15) is 0 Å². The normalized spacial score (nSPS) is 45.4. The van der Waals surface area contributed by atoms with Crippen molar-refractivity contribution in [3.8, 4) is 0 Å². The number of rotatable bonds is 14. The Morgan fingerprint density at radius 3 is 1.16 bits per heavy atom. The Bertz CT molecular complexity index is 895. The molecule has 3 aliphatic rings. The number of hydrogen-bond donors (Lipinski definition) is 14. The van der Waals surface area contributed by atoms with Crippen molar-refractivity contribution >= 4 is 6.29 Å². The van der Waals surface area contributed by atoms with E-state index in [4.69, 9.17) is 28.4 Å². The van der Waals surface area contributed by atoms with E-state index in [2.05, 4.69) is 0 Å². The van der Waals surface area contributed by atoms with Gasteiger partial charge in [0.15, 0.2) is 25.2 Å². The minimum absolute atomic E-state index is 0.0378. The zero-order chi connectivity index (χ0) is 33.7. The van der Waals surface area contributed by atoms with Crippen molar-refractivity contribution in [2.75, 3.05) is 26.4 Å². The third kappa shape index (κ3) is 8.30. The molecular formula is C24H42O21. The molecule has 0 aromatic carbocycles. The summed E-state index contributed by atoms with van der Waals surface area (Å²) in [7, 11) is 0. The molecule has 0 aromatic rings. The van der Waals surface area contributed by atoms with Crippen LogP contribution in [0.4, 0.5) is 0 Å². The average Bonchev–Trinajstić information content (AvgIpc) is 3.04. The van der Waals surface area contributed by atoms with Crippen LogP contribution in [-0.2, 0) is 33.2 Å². The van der Waals surface area contributed by atoms with Crippen LogP contribution < -0.4 is 0 Å². The van der Waals surface area contributed by atoms with Gasteiger partial charge in [-0.05, 0) is 0 Å². The van der Waals surface area contributed by atoms with Gasteiger partial charge in [-0.15, -0.1) is 0 Å². The van der Waals surface area contributed by atoms with Crippen molar-refractivity contribution in [2.24, 2.45) is 0 Å². The van der Waals surface area contributed by atoms with E-state index in [0.717, 1.165) is 0 Å². The Labute approximate surface area is 254 Å². The fourth-order valence-electron chi connectivity index (χ4n) is 5.02. The van der Waals surface area contributed by atoms with Crippen molar-refractivity contribution in [1.82, 2.24) is 0 Å². The summed E-state index contributed by atoms with van der Waals surface area (Å²) in [5.74, 6) is 0. The molecule has 0 saturated carbocycles. The number of aliphatic hydroxyl groups excluding tert-OH is 14. The van der Waals surface area contributed by atoms with Crippen LogP contribution in [0.5, 0.6) is 0 Å². The van der Waals surface area contributed by atoms with Gasteiger partial charge in [0.25, 0.3) is 0 Å². The third-order valence-electron chi connectivity index (χ3n) is 7.77. The van der Waals surface area contributed by atoms with Crippen molar-refractivity contribution in [3.63, 3.8) is 0 Å². The maximum atomic E-state index is 12.4. The van der Waals surface area contributed by atoms with Crippen LogP contribution in [0.3, 0.4) is 0 Å². The van der Waals surface area contributed by atoms with Crippen molar-refractivity contribution < 1.29 is 105 Å². The van der Waals surface area contributed by atoms with Gasteiger partial charge < -0.3 is 105 Å². The summed E-state index contributed by atoms with van der Waals surface area (Å²) >= 11 is 0. The highest BCUT2D eigenvalue weighted by atomic mass is 16.8. The first-order valence-electron chi connectivity index (χ1n) is 13.9. The van der Waals surface area contributed by atoms with Gasteiger partial charge in [-0.25, -0.2) is 0 Å². The third-order valence-corrected chi connectivity index (χ3v) is 7.77. The summed E-state index contributed by atoms with van der Waals surface area (Å²) in [6.45, 7) is -3.90. The van der Waals surface area contributed by atoms with Gasteiger partial charge in [0, 0.05) is 0 Å². The second-order valence-electron chi connectivity index (χ2n) is 10.8. The minimum atomic E-state index is -2.18.